The van der Waals surface area contributed by atoms with Gasteiger partial charge in [-0.1, -0.05) is 19.8 Å². The quantitative estimate of drug-likeness (QED) is 0.660. The number of carbonyl (C=O) groups is 1. The molecule has 20 heavy (non-hydrogen) atoms. The highest BCUT2D eigenvalue weighted by Gasteiger charge is 2.33. The van der Waals surface area contributed by atoms with E-state index >= 15 is 0 Å². The fourth-order valence-corrected chi connectivity index (χ4v) is 3.08. The summed E-state index contributed by atoms with van der Waals surface area (Å²) in [6.07, 6.45) is 6.30. The highest BCUT2D eigenvalue weighted by molar-refractivity contribution is 5.80. The minimum Gasteiger partial charge on any atom is -0.465 e. The van der Waals surface area contributed by atoms with E-state index in [1.165, 1.54) is 25.7 Å². The van der Waals surface area contributed by atoms with E-state index in [2.05, 4.69) is 17.3 Å². The minimum absolute atomic E-state index is 0.129. The first-order valence-corrected chi connectivity index (χ1v) is 8.12. The van der Waals surface area contributed by atoms with E-state index in [1.54, 1.807) is 0 Å². The van der Waals surface area contributed by atoms with Crippen LogP contribution in [0.2, 0.25) is 0 Å². The second-order valence-corrected chi connectivity index (χ2v) is 6.25. The van der Waals surface area contributed by atoms with Gasteiger partial charge in [0.25, 0.3) is 0 Å². The van der Waals surface area contributed by atoms with Crippen LogP contribution in [0.4, 0.5) is 0 Å². The predicted octanol–water partition coefficient (Wildman–Crippen LogP) is 2.43. The first-order chi connectivity index (χ1) is 9.51. The van der Waals surface area contributed by atoms with Crippen molar-refractivity contribution in [3.63, 3.8) is 0 Å². The van der Waals surface area contributed by atoms with Crippen molar-refractivity contribution in [2.75, 3.05) is 33.3 Å². The van der Waals surface area contributed by atoms with E-state index in [9.17, 15) is 4.79 Å². The van der Waals surface area contributed by atoms with Gasteiger partial charge in [0.2, 0.25) is 0 Å². The van der Waals surface area contributed by atoms with Crippen LogP contribution in [0, 0.1) is 5.92 Å². The van der Waals surface area contributed by atoms with Crippen molar-refractivity contribution in [1.29, 1.82) is 0 Å². The molecule has 1 aliphatic rings. The maximum Gasteiger partial charge on any atom is 0.326 e. The van der Waals surface area contributed by atoms with Gasteiger partial charge in [-0.2, -0.15) is 0 Å². The van der Waals surface area contributed by atoms with Gasteiger partial charge in [0.1, 0.15) is 5.54 Å². The monoisotopic (exact) mass is 284 g/mol. The van der Waals surface area contributed by atoms with Crippen LogP contribution in [0.3, 0.4) is 0 Å². The second-order valence-electron chi connectivity index (χ2n) is 6.25. The van der Waals surface area contributed by atoms with E-state index in [0.29, 0.717) is 6.61 Å². The molecule has 0 aromatic heterocycles. The van der Waals surface area contributed by atoms with Gasteiger partial charge in [-0.15, -0.1) is 0 Å². The van der Waals surface area contributed by atoms with E-state index in [0.717, 1.165) is 32.0 Å². The highest BCUT2D eigenvalue weighted by atomic mass is 16.5. The van der Waals surface area contributed by atoms with Gasteiger partial charge in [0.05, 0.1) is 6.61 Å². The molecule has 0 spiro atoms. The van der Waals surface area contributed by atoms with Crippen molar-refractivity contribution in [3.8, 4) is 0 Å². The largest absolute Gasteiger partial charge is 0.465 e. The minimum atomic E-state index is -0.561. The van der Waals surface area contributed by atoms with Crippen LogP contribution in [-0.2, 0) is 9.53 Å². The Morgan fingerprint density at radius 3 is 2.55 bits per heavy atom. The molecule has 0 aromatic rings. The van der Waals surface area contributed by atoms with Crippen molar-refractivity contribution >= 4 is 5.97 Å². The number of hydrogen-bond donors (Lipinski definition) is 1. The molecule has 4 nitrogen and oxygen atoms in total. The number of carbonyl (C=O) groups excluding carboxylic acids is 1. The third-order valence-corrected chi connectivity index (χ3v) is 4.33. The Labute approximate surface area is 124 Å². The maximum absolute atomic E-state index is 12.1. The molecular formula is C16H32N2O2. The number of ether oxygens (including phenoxy) is 1. The van der Waals surface area contributed by atoms with Crippen molar-refractivity contribution in [1.82, 2.24) is 10.2 Å². The molecule has 0 amide bonds. The molecule has 4 heteroatoms. The summed E-state index contributed by atoms with van der Waals surface area (Å²) in [6, 6.07) is 0. The lowest BCUT2D eigenvalue weighted by Gasteiger charge is -2.30. The highest BCUT2D eigenvalue weighted by Crippen LogP contribution is 2.25. The Hall–Kier alpha value is -0.610. The second kappa shape index (κ2) is 8.63. The fraction of sp³-hybridized carbons (Fsp3) is 0.938. The number of rotatable bonds is 9. The van der Waals surface area contributed by atoms with Crippen molar-refractivity contribution < 1.29 is 9.53 Å². The van der Waals surface area contributed by atoms with E-state index in [4.69, 9.17) is 4.74 Å². The number of nitrogens with one attached hydrogen (secondary N) is 1. The number of hydrogen-bond acceptors (Lipinski definition) is 4. The molecule has 1 N–H and O–H groups in total. The SMILES string of the molecule is CCNC(C)(CCN(C)CC1CCCC1)C(=O)OCC. The standard InChI is InChI=1S/C16H32N2O2/c1-5-17-16(3,15(19)20-6-2)11-12-18(4)13-14-9-7-8-10-14/h14,17H,5-13H2,1-4H3. The van der Waals surface area contributed by atoms with E-state index < -0.39 is 5.54 Å². The van der Waals surface area contributed by atoms with Crippen LogP contribution in [0.1, 0.15) is 52.9 Å². The van der Waals surface area contributed by atoms with Crippen LogP contribution in [-0.4, -0.2) is 49.7 Å². The Kier molecular flexibility index (Phi) is 7.52. The zero-order chi connectivity index (χ0) is 15.0. The van der Waals surface area contributed by atoms with Gasteiger partial charge in [-0.05, 0) is 52.6 Å². The Morgan fingerprint density at radius 2 is 2.00 bits per heavy atom. The summed E-state index contributed by atoms with van der Waals surface area (Å²) < 4.78 is 5.21. The lowest BCUT2D eigenvalue weighted by atomic mass is 9.97. The fourth-order valence-electron chi connectivity index (χ4n) is 3.08. The normalized spacial score (nSPS) is 19.2. The summed E-state index contributed by atoms with van der Waals surface area (Å²) in [4.78, 5) is 14.5. The van der Waals surface area contributed by atoms with Crippen LogP contribution in [0.5, 0.6) is 0 Å². The average molecular weight is 284 g/mol. The van der Waals surface area contributed by atoms with Crippen LogP contribution in [0.15, 0.2) is 0 Å². The number of nitrogens with zero attached hydrogens (tertiary/aromatic N) is 1. The molecule has 0 saturated heterocycles. The maximum atomic E-state index is 12.1. The molecule has 0 heterocycles. The molecule has 1 aliphatic carbocycles. The van der Waals surface area contributed by atoms with Crippen molar-refractivity contribution in [2.24, 2.45) is 5.92 Å². The molecular weight excluding hydrogens is 252 g/mol. The lowest BCUT2D eigenvalue weighted by Crippen LogP contribution is -2.52. The van der Waals surface area contributed by atoms with Crippen molar-refractivity contribution in [2.45, 2.75) is 58.4 Å². The smallest absolute Gasteiger partial charge is 0.326 e. The van der Waals surface area contributed by atoms with Gasteiger partial charge in [-0.3, -0.25) is 4.79 Å². The number of esters is 1. The van der Waals surface area contributed by atoms with Gasteiger partial charge in [0, 0.05) is 13.1 Å². The van der Waals surface area contributed by atoms with Crippen molar-refractivity contribution in [3.05, 3.63) is 0 Å². The molecule has 1 atom stereocenters. The summed E-state index contributed by atoms with van der Waals surface area (Å²) in [5, 5.41) is 3.29. The van der Waals surface area contributed by atoms with Gasteiger partial charge >= 0.3 is 5.97 Å². The van der Waals surface area contributed by atoms with Crippen LogP contribution in [0.25, 0.3) is 0 Å². The summed E-state index contributed by atoms with van der Waals surface area (Å²) in [6.45, 7) is 9.15. The lowest BCUT2D eigenvalue weighted by molar-refractivity contribution is -0.151. The van der Waals surface area contributed by atoms with Crippen LogP contribution < -0.4 is 5.32 Å². The molecule has 0 bridgehead atoms. The molecule has 118 valence electrons. The zero-order valence-electron chi connectivity index (χ0n) is 13.7. The Bertz CT molecular complexity index is 290. The molecule has 1 unspecified atom stereocenters. The Balaban J connectivity index is 2.42. The van der Waals surface area contributed by atoms with Gasteiger partial charge in [-0.25, -0.2) is 0 Å². The molecule has 0 radical (unpaired) electrons. The average Bonchev–Trinajstić information content (AvgIpc) is 2.90. The summed E-state index contributed by atoms with van der Waals surface area (Å²) in [5.41, 5.74) is -0.561. The first kappa shape index (κ1) is 17.4. The summed E-state index contributed by atoms with van der Waals surface area (Å²) in [7, 11) is 2.16. The predicted molar refractivity (Wildman–Crippen MR) is 82.8 cm³/mol. The first-order valence-electron chi connectivity index (χ1n) is 8.12. The molecule has 1 fully saturated rings. The Morgan fingerprint density at radius 1 is 1.35 bits per heavy atom. The zero-order valence-corrected chi connectivity index (χ0v) is 13.7. The summed E-state index contributed by atoms with van der Waals surface area (Å²) in [5.74, 6) is 0.726. The molecule has 0 aromatic carbocycles. The molecule has 1 rings (SSSR count). The third kappa shape index (κ3) is 5.41. The van der Waals surface area contributed by atoms with E-state index in [-0.39, 0.29) is 5.97 Å². The number of likely N-dealkylation sites (N-methyl/N-ethyl adjacent to an activating group) is 1. The molecule has 0 aliphatic heterocycles. The van der Waals surface area contributed by atoms with Gasteiger partial charge < -0.3 is 15.0 Å². The molecule has 1 saturated carbocycles. The van der Waals surface area contributed by atoms with E-state index in [1.807, 2.05) is 20.8 Å². The third-order valence-electron chi connectivity index (χ3n) is 4.33. The topological polar surface area (TPSA) is 41.6 Å². The van der Waals surface area contributed by atoms with Crippen LogP contribution >= 0.6 is 0 Å². The van der Waals surface area contributed by atoms with Gasteiger partial charge in [0.15, 0.2) is 0 Å². The summed E-state index contributed by atoms with van der Waals surface area (Å²) >= 11 is 0.